The van der Waals surface area contributed by atoms with Crippen LogP contribution < -0.4 is 5.32 Å². The van der Waals surface area contributed by atoms with Gasteiger partial charge in [-0.15, -0.1) is 0 Å². The van der Waals surface area contributed by atoms with E-state index in [9.17, 15) is 0 Å². The van der Waals surface area contributed by atoms with Crippen molar-refractivity contribution in [1.82, 2.24) is 25.1 Å². The number of aryl methyl sites for hydroxylation is 1. The standard InChI is InChI=1S/C12H13N5O/c1-9-4-12-14-6-10(8-17(12)15-9)5-13-7-11-2-3-18-16-11/h2-4,6,8,13H,5,7H2,1H3. The van der Waals surface area contributed by atoms with Gasteiger partial charge in [-0.3, -0.25) is 0 Å². The zero-order valence-corrected chi connectivity index (χ0v) is 10.00. The number of aromatic nitrogens is 4. The molecule has 18 heavy (non-hydrogen) atoms. The summed E-state index contributed by atoms with van der Waals surface area (Å²) in [5.74, 6) is 0. The molecule has 92 valence electrons. The highest BCUT2D eigenvalue weighted by molar-refractivity contribution is 5.38. The van der Waals surface area contributed by atoms with Crippen LogP contribution in [0.1, 0.15) is 17.0 Å². The van der Waals surface area contributed by atoms with Crippen molar-refractivity contribution in [2.75, 3.05) is 0 Å². The maximum Gasteiger partial charge on any atom is 0.155 e. The smallest absolute Gasteiger partial charge is 0.155 e. The molecule has 0 aliphatic heterocycles. The Morgan fingerprint density at radius 1 is 1.39 bits per heavy atom. The average molecular weight is 243 g/mol. The van der Waals surface area contributed by atoms with Gasteiger partial charge in [0.15, 0.2) is 5.65 Å². The van der Waals surface area contributed by atoms with Gasteiger partial charge in [-0.1, -0.05) is 5.16 Å². The predicted octanol–water partition coefficient (Wildman–Crippen LogP) is 1.32. The van der Waals surface area contributed by atoms with Crippen LogP contribution >= 0.6 is 0 Å². The Morgan fingerprint density at radius 3 is 3.17 bits per heavy atom. The monoisotopic (exact) mass is 243 g/mol. The first kappa shape index (κ1) is 10.9. The second-order valence-electron chi connectivity index (χ2n) is 4.15. The zero-order chi connectivity index (χ0) is 12.4. The van der Waals surface area contributed by atoms with E-state index in [-0.39, 0.29) is 0 Å². The second kappa shape index (κ2) is 4.58. The molecule has 3 heterocycles. The summed E-state index contributed by atoms with van der Waals surface area (Å²) in [6, 6.07) is 3.79. The van der Waals surface area contributed by atoms with Crippen LogP contribution in [0.4, 0.5) is 0 Å². The van der Waals surface area contributed by atoms with Gasteiger partial charge in [0, 0.05) is 43.2 Å². The summed E-state index contributed by atoms with van der Waals surface area (Å²) in [5, 5.41) is 11.4. The minimum atomic E-state index is 0.673. The third kappa shape index (κ3) is 2.23. The molecule has 0 radical (unpaired) electrons. The minimum absolute atomic E-state index is 0.673. The molecule has 0 atom stereocenters. The number of nitrogens with zero attached hydrogens (tertiary/aromatic N) is 4. The van der Waals surface area contributed by atoms with Crippen molar-refractivity contribution in [2.45, 2.75) is 20.0 Å². The molecule has 0 amide bonds. The maximum atomic E-state index is 4.76. The Hall–Kier alpha value is -2.21. The molecule has 0 spiro atoms. The van der Waals surface area contributed by atoms with E-state index in [1.807, 2.05) is 31.5 Å². The summed E-state index contributed by atoms with van der Waals surface area (Å²) in [6.07, 6.45) is 5.40. The first-order valence-corrected chi connectivity index (χ1v) is 5.72. The van der Waals surface area contributed by atoms with Crippen LogP contribution in [0, 0.1) is 6.92 Å². The summed E-state index contributed by atoms with van der Waals surface area (Å²) in [7, 11) is 0. The van der Waals surface area contributed by atoms with Crippen LogP contribution in [-0.4, -0.2) is 19.8 Å². The van der Waals surface area contributed by atoms with Gasteiger partial charge in [0.2, 0.25) is 0 Å². The number of nitrogens with one attached hydrogen (secondary N) is 1. The Bertz CT molecular complexity index is 644. The molecule has 0 saturated heterocycles. The fraction of sp³-hybridized carbons (Fsp3) is 0.250. The molecule has 0 aliphatic carbocycles. The van der Waals surface area contributed by atoms with Crippen LogP contribution in [0.15, 0.2) is 35.3 Å². The third-order valence-corrected chi connectivity index (χ3v) is 2.62. The van der Waals surface area contributed by atoms with E-state index in [0.717, 1.165) is 22.6 Å². The van der Waals surface area contributed by atoms with Crippen molar-refractivity contribution in [1.29, 1.82) is 0 Å². The van der Waals surface area contributed by atoms with E-state index in [2.05, 4.69) is 20.6 Å². The number of fused-ring (bicyclic) bond motifs is 1. The Labute approximate surface area is 104 Å². The van der Waals surface area contributed by atoms with Gasteiger partial charge < -0.3 is 9.84 Å². The van der Waals surface area contributed by atoms with Crippen molar-refractivity contribution in [3.8, 4) is 0 Å². The summed E-state index contributed by atoms with van der Waals surface area (Å²) in [6.45, 7) is 3.35. The van der Waals surface area contributed by atoms with Crippen LogP contribution in [0.3, 0.4) is 0 Å². The van der Waals surface area contributed by atoms with Gasteiger partial charge in [0.05, 0.1) is 11.4 Å². The molecule has 3 aromatic rings. The molecular formula is C12H13N5O. The fourth-order valence-corrected chi connectivity index (χ4v) is 1.79. The number of hydrogen-bond donors (Lipinski definition) is 1. The SMILES string of the molecule is Cc1cc2ncc(CNCc3ccon3)cn2n1. The summed E-state index contributed by atoms with van der Waals surface area (Å²) in [5.41, 5.74) is 3.80. The van der Waals surface area contributed by atoms with Crippen molar-refractivity contribution >= 4 is 5.65 Å². The molecule has 6 nitrogen and oxygen atoms in total. The van der Waals surface area contributed by atoms with Crippen LogP contribution in [-0.2, 0) is 13.1 Å². The van der Waals surface area contributed by atoms with Crippen molar-refractivity contribution in [2.24, 2.45) is 0 Å². The van der Waals surface area contributed by atoms with Gasteiger partial charge in [0.1, 0.15) is 6.26 Å². The quantitative estimate of drug-likeness (QED) is 0.748. The second-order valence-corrected chi connectivity index (χ2v) is 4.15. The largest absolute Gasteiger partial charge is 0.364 e. The fourth-order valence-electron chi connectivity index (χ4n) is 1.79. The van der Waals surface area contributed by atoms with E-state index < -0.39 is 0 Å². The molecule has 0 saturated carbocycles. The van der Waals surface area contributed by atoms with E-state index in [0.29, 0.717) is 13.1 Å². The first-order chi connectivity index (χ1) is 8.81. The van der Waals surface area contributed by atoms with Gasteiger partial charge in [0.25, 0.3) is 0 Å². The number of hydrogen-bond acceptors (Lipinski definition) is 5. The molecule has 3 rings (SSSR count). The van der Waals surface area contributed by atoms with Crippen LogP contribution in [0.5, 0.6) is 0 Å². The predicted molar refractivity (Wildman–Crippen MR) is 64.8 cm³/mol. The molecule has 0 aliphatic rings. The van der Waals surface area contributed by atoms with Gasteiger partial charge in [-0.05, 0) is 6.92 Å². The lowest BCUT2D eigenvalue weighted by atomic mass is 10.3. The summed E-state index contributed by atoms with van der Waals surface area (Å²) < 4.78 is 6.56. The normalized spacial score (nSPS) is 11.2. The molecule has 6 heteroatoms. The maximum absolute atomic E-state index is 4.76. The highest BCUT2D eigenvalue weighted by atomic mass is 16.5. The summed E-state index contributed by atoms with van der Waals surface area (Å²) in [4.78, 5) is 4.34. The van der Waals surface area contributed by atoms with E-state index in [1.165, 1.54) is 0 Å². The van der Waals surface area contributed by atoms with E-state index in [4.69, 9.17) is 4.52 Å². The van der Waals surface area contributed by atoms with Crippen LogP contribution in [0.25, 0.3) is 5.65 Å². The topological polar surface area (TPSA) is 68.2 Å². The Morgan fingerprint density at radius 2 is 2.33 bits per heavy atom. The first-order valence-electron chi connectivity index (χ1n) is 5.72. The van der Waals surface area contributed by atoms with E-state index in [1.54, 1.807) is 10.8 Å². The molecule has 3 aromatic heterocycles. The minimum Gasteiger partial charge on any atom is -0.364 e. The Balaban J connectivity index is 1.67. The van der Waals surface area contributed by atoms with Crippen molar-refractivity contribution in [3.05, 3.63) is 47.7 Å². The van der Waals surface area contributed by atoms with E-state index >= 15 is 0 Å². The molecule has 0 aromatic carbocycles. The molecule has 0 bridgehead atoms. The lowest BCUT2D eigenvalue weighted by Gasteiger charge is -2.02. The highest BCUT2D eigenvalue weighted by Crippen LogP contribution is 2.04. The Kier molecular flexibility index (Phi) is 2.77. The lowest BCUT2D eigenvalue weighted by molar-refractivity contribution is 0.408. The summed E-state index contributed by atoms with van der Waals surface area (Å²) >= 11 is 0. The molecular weight excluding hydrogens is 230 g/mol. The lowest BCUT2D eigenvalue weighted by Crippen LogP contribution is -2.13. The van der Waals surface area contributed by atoms with Gasteiger partial charge in [-0.2, -0.15) is 5.10 Å². The third-order valence-electron chi connectivity index (χ3n) is 2.62. The zero-order valence-electron chi connectivity index (χ0n) is 10.00. The van der Waals surface area contributed by atoms with Crippen molar-refractivity contribution in [3.63, 3.8) is 0 Å². The molecule has 0 unspecified atom stereocenters. The molecule has 1 N–H and O–H groups in total. The molecule has 0 fully saturated rings. The van der Waals surface area contributed by atoms with Crippen LogP contribution in [0.2, 0.25) is 0 Å². The average Bonchev–Trinajstić information content (AvgIpc) is 2.96. The van der Waals surface area contributed by atoms with Crippen molar-refractivity contribution < 1.29 is 4.52 Å². The highest BCUT2D eigenvalue weighted by Gasteiger charge is 2.01. The van der Waals surface area contributed by atoms with Gasteiger partial charge >= 0.3 is 0 Å². The van der Waals surface area contributed by atoms with Gasteiger partial charge in [-0.25, -0.2) is 9.50 Å². The number of rotatable bonds is 4.